The van der Waals surface area contributed by atoms with Gasteiger partial charge in [-0.3, -0.25) is 4.79 Å². The fourth-order valence-electron chi connectivity index (χ4n) is 1.97. The second-order valence-corrected chi connectivity index (χ2v) is 6.72. The topological polar surface area (TPSA) is 76.4 Å². The minimum absolute atomic E-state index is 0.135. The van der Waals surface area contributed by atoms with Crippen LogP contribution in [0.1, 0.15) is 27.2 Å². The van der Waals surface area contributed by atoms with Crippen molar-refractivity contribution in [2.45, 2.75) is 38.8 Å². The van der Waals surface area contributed by atoms with Crippen LogP contribution in [0.2, 0.25) is 5.02 Å². The van der Waals surface area contributed by atoms with E-state index in [1.165, 1.54) is 0 Å². The first kappa shape index (κ1) is 19.3. The van der Waals surface area contributed by atoms with Crippen molar-refractivity contribution in [3.8, 4) is 0 Å². The van der Waals surface area contributed by atoms with E-state index in [-0.39, 0.29) is 18.4 Å². The maximum absolute atomic E-state index is 12.1. The van der Waals surface area contributed by atoms with Gasteiger partial charge in [0.25, 0.3) is 0 Å². The number of hydrogen-bond acceptors (Lipinski definition) is 5. The number of esters is 1. The molecule has 0 aromatic heterocycles. The molecule has 0 radical (unpaired) electrons. The summed E-state index contributed by atoms with van der Waals surface area (Å²) in [5.74, 6) is -0.253. The average Bonchev–Trinajstić information content (AvgIpc) is 2.41. The predicted octanol–water partition coefficient (Wildman–Crippen LogP) is 3.21. The molecule has 1 atom stereocenters. The van der Waals surface area contributed by atoms with Crippen LogP contribution in [-0.4, -0.2) is 30.7 Å². The number of carbonyl (C=O) groups excluding carboxylic acids is 1. The second-order valence-electron chi connectivity index (χ2n) is 6.32. The SMILES string of the molecule is C=CCNC[C@H](CC(=O)OC(C)(C)C)Nc1ccc(N)c(Cl)c1. The molecule has 1 aromatic carbocycles. The van der Waals surface area contributed by atoms with Crippen molar-refractivity contribution in [3.05, 3.63) is 35.9 Å². The molecule has 0 bridgehead atoms. The van der Waals surface area contributed by atoms with E-state index in [2.05, 4.69) is 17.2 Å². The number of ether oxygens (including phenoxy) is 1. The van der Waals surface area contributed by atoms with Gasteiger partial charge in [0, 0.05) is 24.8 Å². The molecule has 0 saturated heterocycles. The number of halogens is 1. The molecule has 0 heterocycles. The largest absolute Gasteiger partial charge is 0.460 e. The summed E-state index contributed by atoms with van der Waals surface area (Å²) in [6, 6.07) is 5.17. The Balaban J connectivity index is 2.72. The monoisotopic (exact) mass is 339 g/mol. The third-order valence-electron chi connectivity index (χ3n) is 2.88. The van der Waals surface area contributed by atoms with Crippen molar-refractivity contribution in [2.24, 2.45) is 0 Å². The number of anilines is 2. The Morgan fingerprint density at radius 1 is 1.48 bits per heavy atom. The van der Waals surface area contributed by atoms with Crippen molar-refractivity contribution in [1.82, 2.24) is 5.32 Å². The summed E-state index contributed by atoms with van der Waals surface area (Å²) in [5.41, 5.74) is 6.53. The first-order valence-corrected chi connectivity index (χ1v) is 7.94. The van der Waals surface area contributed by atoms with Crippen LogP contribution in [-0.2, 0) is 9.53 Å². The molecule has 23 heavy (non-hydrogen) atoms. The van der Waals surface area contributed by atoms with E-state index in [0.29, 0.717) is 23.8 Å². The van der Waals surface area contributed by atoms with Crippen LogP contribution in [0.25, 0.3) is 0 Å². The van der Waals surface area contributed by atoms with Crippen LogP contribution >= 0.6 is 11.6 Å². The highest BCUT2D eigenvalue weighted by Gasteiger charge is 2.20. The summed E-state index contributed by atoms with van der Waals surface area (Å²) in [6.07, 6.45) is 2.01. The normalized spacial score (nSPS) is 12.5. The Bertz CT molecular complexity index is 541. The Labute approximate surface area is 143 Å². The molecular formula is C17H26ClN3O2. The van der Waals surface area contributed by atoms with Crippen molar-refractivity contribution >= 4 is 28.9 Å². The van der Waals surface area contributed by atoms with Crippen LogP contribution in [0, 0.1) is 0 Å². The highest BCUT2D eigenvalue weighted by molar-refractivity contribution is 6.33. The zero-order valence-corrected chi connectivity index (χ0v) is 14.7. The maximum atomic E-state index is 12.1. The summed E-state index contributed by atoms with van der Waals surface area (Å²) in [5, 5.41) is 6.97. The zero-order valence-electron chi connectivity index (χ0n) is 14.0. The fraction of sp³-hybridized carbons (Fsp3) is 0.471. The summed E-state index contributed by atoms with van der Waals surface area (Å²) in [7, 11) is 0. The van der Waals surface area contributed by atoms with Gasteiger partial charge in [0.05, 0.1) is 17.1 Å². The molecule has 5 nitrogen and oxygen atoms in total. The third-order valence-corrected chi connectivity index (χ3v) is 3.21. The van der Waals surface area contributed by atoms with Gasteiger partial charge < -0.3 is 21.1 Å². The molecular weight excluding hydrogens is 314 g/mol. The minimum Gasteiger partial charge on any atom is -0.460 e. The molecule has 0 unspecified atom stereocenters. The lowest BCUT2D eigenvalue weighted by Gasteiger charge is -2.24. The van der Waals surface area contributed by atoms with Gasteiger partial charge in [-0.05, 0) is 39.0 Å². The zero-order chi connectivity index (χ0) is 17.5. The first-order chi connectivity index (χ1) is 10.7. The number of hydrogen-bond donors (Lipinski definition) is 3. The number of carbonyl (C=O) groups is 1. The van der Waals surface area contributed by atoms with E-state index in [0.717, 1.165) is 5.69 Å². The van der Waals surface area contributed by atoms with E-state index in [4.69, 9.17) is 22.1 Å². The average molecular weight is 340 g/mol. The second kappa shape index (κ2) is 8.79. The van der Waals surface area contributed by atoms with Gasteiger partial charge in [0.1, 0.15) is 5.60 Å². The molecule has 0 saturated carbocycles. The summed E-state index contributed by atoms with van der Waals surface area (Å²) in [4.78, 5) is 12.1. The molecule has 0 aliphatic rings. The Hall–Kier alpha value is -1.72. The fourth-order valence-corrected chi connectivity index (χ4v) is 2.15. The number of nitrogens with one attached hydrogen (secondary N) is 2. The van der Waals surface area contributed by atoms with E-state index in [1.807, 2.05) is 26.8 Å². The van der Waals surface area contributed by atoms with E-state index in [1.54, 1.807) is 18.2 Å². The van der Waals surface area contributed by atoms with Gasteiger partial charge in [-0.1, -0.05) is 17.7 Å². The number of rotatable bonds is 8. The number of nitrogens with two attached hydrogens (primary N) is 1. The maximum Gasteiger partial charge on any atom is 0.308 e. The van der Waals surface area contributed by atoms with E-state index < -0.39 is 5.60 Å². The lowest BCUT2D eigenvalue weighted by atomic mass is 10.1. The molecule has 4 N–H and O–H groups in total. The molecule has 0 amide bonds. The van der Waals surface area contributed by atoms with Gasteiger partial charge >= 0.3 is 5.97 Å². The van der Waals surface area contributed by atoms with Crippen LogP contribution in [0.4, 0.5) is 11.4 Å². The van der Waals surface area contributed by atoms with Gasteiger partial charge in [0.15, 0.2) is 0 Å². The molecule has 0 spiro atoms. The Morgan fingerprint density at radius 3 is 2.74 bits per heavy atom. The highest BCUT2D eigenvalue weighted by Crippen LogP contribution is 2.23. The lowest BCUT2D eigenvalue weighted by Crippen LogP contribution is -2.36. The van der Waals surface area contributed by atoms with Gasteiger partial charge in [-0.2, -0.15) is 0 Å². The van der Waals surface area contributed by atoms with Crippen LogP contribution in [0.5, 0.6) is 0 Å². The Morgan fingerprint density at radius 2 is 2.17 bits per heavy atom. The minimum atomic E-state index is -0.499. The summed E-state index contributed by atoms with van der Waals surface area (Å²) in [6.45, 7) is 10.5. The molecule has 0 aliphatic heterocycles. The van der Waals surface area contributed by atoms with Crippen molar-refractivity contribution in [3.63, 3.8) is 0 Å². The van der Waals surface area contributed by atoms with Crippen molar-refractivity contribution in [1.29, 1.82) is 0 Å². The molecule has 1 rings (SSSR count). The van der Waals surface area contributed by atoms with Gasteiger partial charge in [-0.15, -0.1) is 6.58 Å². The molecule has 1 aromatic rings. The molecule has 0 aliphatic carbocycles. The Kier molecular flexibility index (Phi) is 7.39. The smallest absolute Gasteiger partial charge is 0.308 e. The van der Waals surface area contributed by atoms with E-state index in [9.17, 15) is 4.79 Å². The van der Waals surface area contributed by atoms with Crippen LogP contribution < -0.4 is 16.4 Å². The third kappa shape index (κ3) is 7.90. The summed E-state index contributed by atoms with van der Waals surface area (Å²) < 4.78 is 5.38. The number of benzene rings is 1. The molecule has 0 fully saturated rings. The quantitative estimate of drug-likeness (QED) is 0.293. The number of nitrogen functional groups attached to an aromatic ring is 1. The highest BCUT2D eigenvalue weighted by atomic mass is 35.5. The summed E-state index contributed by atoms with van der Waals surface area (Å²) >= 11 is 6.03. The van der Waals surface area contributed by atoms with Crippen LogP contribution in [0.15, 0.2) is 30.9 Å². The van der Waals surface area contributed by atoms with Gasteiger partial charge in [-0.25, -0.2) is 0 Å². The lowest BCUT2D eigenvalue weighted by molar-refractivity contribution is -0.155. The van der Waals surface area contributed by atoms with Crippen LogP contribution in [0.3, 0.4) is 0 Å². The predicted molar refractivity (Wildman–Crippen MR) is 96.8 cm³/mol. The molecule has 6 heteroatoms. The van der Waals surface area contributed by atoms with Crippen molar-refractivity contribution < 1.29 is 9.53 Å². The first-order valence-electron chi connectivity index (χ1n) is 7.56. The molecule has 128 valence electrons. The van der Waals surface area contributed by atoms with Crippen molar-refractivity contribution in [2.75, 3.05) is 24.1 Å². The standard InChI is InChI=1S/C17H26ClN3O2/c1-5-8-20-11-13(10-16(22)23-17(2,3)4)21-12-6-7-15(19)14(18)9-12/h5-7,9,13,20-21H,1,8,10-11,19H2,2-4H3/t13-/m0/s1. The van der Waals surface area contributed by atoms with E-state index >= 15 is 0 Å². The van der Waals surface area contributed by atoms with Gasteiger partial charge in [0.2, 0.25) is 0 Å².